The van der Waals surface area contributed by atoms with Gasteiger partial charge in [0.25, 0.3) is 0 Å². The number of aromatic nitrogens is 2. The molecule has 248 valence electrons. The first kappa shape index (κ1) is 36.5. The summed E-state index contributed by atoms with van der Waals surface area (Å²) in [6.45, 7) is -3.19. The van der Waals surface area contributed by atoms with E-state index in [2.05, 4.69) is 9.97 Å². The Hall–Kier alpha value is -4.32. The number of hydrogen-bond acceptors (Lipinski definition) is 3. The van der Waals surface area contributed by atoms with Crippen molar-refractivity contribution in [2.75, 3.05) is 0 Å². The number of alkyl halides is 4. The van der Waals surface area contributed by atoms with Gasteiger partial charge >= 0.3 is 146 Å². The molecule has 0 atom stereocenters. The summed E-state index contributed by atoms with van der Waals surface area (Å²) in [4.78, 5) is 20.0. The molecule has 0 saturated heterocycles. The fourth-order valence-electron chi connectivity index (χ4n) is 6.20. The molecule has 0 aliphatic carbocycles. The maximum absolute atomic E-state index is 15.3. The van der Waals surface area contributed by atoms with Crippen LogP contribution < -0.4 is 31.8 Å². The van der Waals surface area contributed by atoms with Crippen molar-refractivity contribution in [3.63, 3.8) is 0 Å². The summed E-state index contributed by atoms with van der Waals surface area (Å²) in [7, 11) is -3.11. The Morgan fingerprint density at radius 2 is 0.792 bits per heavy atom. The molecule has 6 aromatic rings. The Morgan fingerprint density at radius 3 is 1.12 bits per heavy atom. The van der Waals surface area contributed by atoms with Gasteiger partial charge in [-0.1, -0.05) is 36.4 Å². The first-order chi connectivity index (χ1) is 22.5. The Bertz CT molecular complexity index is 1670. The van der Waals surface area contributed by atoms with Crippen LogP contribution in [0.1, 0.15) is 15.3 Å². The maximum atomic E-state index is 15.3. The molecule has 4 nitrogen and oxygen atoms in total. The van der Waals surface area contributed by atoms with E-state index >= 15 is 17.6 Å². The van der Waals surface area contributed by atoms with E-state index in [1.54, 1.807) is 109 Å². The molecule has 0 aliphatic heterocycles. The third-order valence-electron chi connectivity index (χ3n) is 8.37. The Morgan fingerprint density at radius 1 is 0.500 bits per heavy atom. The van der Waals surface area contributed by atoms with Crippen LogP contribution in [0.5, 0.6) is 0 Å². The van der Waals surface area contributed by atoms with Crippen LogP contribution in [0.15, 0.2) is 170 Å². The maximum Gasteiger partial charge on any atom is 1.00 e. The average molecular weight is 693 g/mol. The van der Waals surface area contributed by atoms with Crippen molar-refractivity contribution in [2.24, 2.45) is 0 Å². The summed E-state index contributed by atoms with van der Waals surface area (Å²) in [5.74, 6) is 0. The van der Waals surface area contributed by atoms with Crippen LogP contribution in [0.25, 0.3) is 0 Å². The fraction of sp³-hybridized carbons (Fsp3) is 0.105. The van der Waals surface area contributed by atoms with Gasteiger partial charge in [0, 0.05) is 19.3 Å². The summed E-state index contributed by atoms with van der Waals surface area (Å²) < 4.78 is 60.8. The summed E-state index contributed by atoms with van der Waals surface area (Å²) >= 11 is 0. The Kier molecular flexibility index (Phi) is 11.0. The van der Waals surface area contributed by atoms with Gasteiger partial charge in [-0.25, -0.2) is 0 Å². The molecule has 2 aromatic heterocycles. The van der Waals surface area contributed by atoms with E-state index in [0.29, 0.717) is 15.9 Å². The molecular formula is C38H38F4N2O2P2+2. The summed E-state index contributed by atoms with van der Waals surface area (Å²) in [5.41, 5.74) is -6.27. The molecule has 48 heavy (non-hydrogen) atoms. The Balaban J connectivity index is 0.000000255. The molecule has 0 saturated carbocycles. The third-order valence-corrected chi connectivity index (χ3v) is 18.2. The number of nitrogens with zero attached hydrogens (tertiary/aromatic N) is 2. The molecule has 4 aromatic carbocycles. The van der Waals surface area contributed by atoms with Gasteiger partial charge in [-0.2, -0.15) is 8.78 Å². The molecule has 0 radical (unpaired) electrons. The molecule has 3 N–H and O–H groups in total. The normalized spacial score (nSPS) is 12.8. The number of pyridine rings is 2. The van der Waals surface area contributed by atoms with Crippen LogP contribution in [-0.2, 0) is 0 Å². The van der Waals surface area contributed by atoms with E-state index in [4.69, 9.17) is 0 Å². The quantitative estimate of drug-likeness (QED) is 0.142. The molecule has 0 fully saturated rings. The van der Waals surface area contributed by atoms with Crippen molar-refractivity contribution in [2.45, 2.75) is 25.2 Å². The summed E-state index contributed by atoms with van der Waals surface area (Å²) in [6.07, 6.45) is 6.04. The van der Waals surface area contributed by atoms with E-state index in [0.717, 1.165) is 13.8 Å². The first-order valence-electron chi connectivity index (χ1n) is 14.9. The fourth-order valence-corrected chi connectivity index (χ4v) is 14.7. The minimum atomic E-state index is -5.01. The van der Waals surface area contributed by atoms with Gasteiger partial charge in [0.15, 0.2) is 7.26 Å². The van der Waals surface area contributed by atoms with Crippen molar-refractivity contribution in [3.05, 3.63) is 170 Å². The zero-order valence-electron chi connectivity index (χ0n) is 27.4. The van der Waals surface area contributed by atoms with Crippen molar-refractivity contribution >= 4 is 45.9 Å². The van der Waals surface area contributed by atoms with E-state index in [1.165, 1.54) is 24.5 Å². The molecule has 0 amide bonds. The number of benzene rings is 4. The molecule has 6 rings (SSSR count). The minimum Gasteiger partial charge on any atom is -0.412 e. The second kappa shape index (κ2) is 14.4. The van der Waals surface area contributed by atoms with Gasteiger partial charge in [-0.15, -0.1) is 0 Å². The second-order valence-electron chi connectivity index (χ2n) is 11.2. The number of hydrogen-bond donors (Lipinski definition) is 1. The van der Waals surface area contributed by atoms with Crippen molar-refractivity contribution < 1.29 is 29.4 Å². The molecular weight excluding hydrogens is 654 g/mol. The molecule has 0 unspecified atom stereocenters. The van der Waals surface area contributed by atoms with Crippen LogP contribution >= 0.6 is 14.1 Å². The zero-order chi connectivity index (χ0) is 33.6. The van der Waals surface area contributed by atoms with Crippen LogP contribution in [-0.4, -0.2) is 31.7 Å². The molecule has 0 aliphatic rings. The van der Waals surface area contributed by atoms with Gasteiger partial charge < -0.3 is 5.48 Å². The van der Waals surface area contributed by atoms with Gasteiger partial charge in [0.2, 0.25) is 0 Å². The zero-order valence-corrected chi connectivity index (χ0v) is 28.2. The largest absolute Gasteiger partial charge is 1.00 e. The minimum absolute atomic E-state index is 0. The SMILES string of the molecule is CC(F)(F)P(O)(c1ccccc1)(c1ccccc1)c1ccncc1.CC(F)(F)[P+](c1ccccc1)(c1ccccc1)c1ccncc1.O.[H+]. The van der Waals surface area contributed by atoms with E-state index in [1.807, 2.05) is 36.4 Å². The van der Waals surface area contributed by atoms with Crippen LogP contribution in [0.4, 0.5) is 17.6 Å². The molecule has 2 heterocycles. The molecule has 0 spiro atoms. The van der Waals surface area contributed by atoms with Crippen LogP contribution in [0, 0.1) is 0 Å². The summed E-state index contributed by atoms with van der Waals surface area (Å²) in [5, 5.41) is 2.63. The van der Waals surface area contributed by atoms with Crippen molar-refractivity contribution in [3.8, 4) is 0 Å². The second-order valence-corrected chi connectivity index (χ2v) is 19.3. The van der Waals surface area contributed by atoms with Gasteiger partial charge in [-0.3, -0.25) is 4.98 Å². The molecule has 0 bridgehead atoms. The summed E-state index contributed by atoms with van der Waals surface area (Å²) in [6, 6.07) is 41.0. The molecule has 10 heteroatoms. The Labute approximate surface area is 280 Å². The predicted octanol–water partition coefficient (Wildman–Crippen LogP) is 6.71. The third kappa shape index (κ3) is 6.06. The monoisotopic (exact) mass is 692 g/mol. The van der Waals surface area contributed by atoms with Gasteiger partial charge in [0.1, 0.15) is 15.9 Å². The van der Waals surface area contributed by atoms with E-state index < -0.39 is 25.4 Å². The first-order valence-corrected chi connectivity index (χ1v) is 18.9. The van der Waals surface area contributed by atoms with Gasteiger partial charge in [0.05, 0.1) is 0 Å². The predicted molar refractivity (Wildman–Crippen MR) is 194 cm³/mol. The smallest absolute Gasteiger partial charge is 0.412 e. The topological polar surface area (TPSA) is 77.5 Å². The van der Waals surface area contributed by atoms with Gasteiger partial charge in [-0.05, 0) is 36.4 Å². The van der Waals surface area contributed by atoms with E-state index in [-0.39, 0.29) is 22.8 Å². The van der Waals surface area contributed by atoms with Crippen LogP contribution in [0.3, 0.4) is 0 Å². The van der Waals surface area contributed by atoms with E-state index in [9.17, 15) is 4.89 Å². The van der Waals surface area contributed by atoms with Crippen LogP contribution in [0.2, 0.25) is 0 Å². The standard InChI is InChI=1S/C19H18F2NOP.C19H17F2NP.H2O/c1-19(20,21)24(23,16-8-4-2-5-9-16,17-10-6-3-7-11-17)18-12-14-22-15-13-18;1-19(20,21)23(16-8-4-2-5-9-16,17-10-6-3-7-11-17)18-12-14-22-15-13-18;/h2-15,23H,1H3;2-15H,1H3;1H2/q;+1;/p+1. The van der Waals surface area contributed by atoms with Crippen molar-refractivity contribution in [1.82, 2.24) is 9.97 Å². The number of rotatable bonds is 8. The van der Waals surface area contributed by atoms with Crippen molar-refractivity contribution in [1.29, 1.82) is 0 Å². The average Bonchev–Trinajstić information content (AvgIpc) is 3.10. The number of halogens is 4.